The van der Waals surface area contributed by atoms with Gasteiger partial charge in [0.1, 0.15) is 10.7 Å². The number of anilines is 2. The molecule has 0 aromatic carbocycles. The van der Waals surface area contributed by atoms with E-state index in [4.69, 9.17) is 0 Å². The number of aromatic nitrogens is 3. The minimum absolute atomic E-state index is 0.175. The maximum absolute atomic E-state index is 12.4. The number of aryl methyl sites for hydroxylation is 2. The second-order valence-electron chi connectivity index (χ2n) is 5.25. The number of pyridine rings is 1. The van der Waals surface area contributed by atoms with Gasteiger partial charge in [0, 0.05) is 6.04 Å². The van der Waals surface area contributed by atoms with E-state index in [1.54, 1.807) is 26.0 Å². The third-order valence-corrected chi connectivity index (χ3v) is 5.00. The second kappa shape index (κ2) is 6.35. The monoisotopic (exact) mass is 323 g/mol. The van der Waals surface area contributed by atoms with Crippen molar-refractivity contribution in [3.05, 3.63) is 29.7 Å². The van der Waals surface area contributed by atoms with Crippen LogP contribution in [0.1, 0.15) is 31.7 Å². The Morgan fingerprint density at radius 3 is 2.55 bits per heavy atom. The van der Waals surface area contributed by atoms with Gasteiger partial charge in [-0.3, -0.25) is 9.82 Å². The highest BCUT2D eigenvalue weighted by molar-refractivity contribution is 7.92. The molecule has 8 heteroatoms. The Balaban J connectivity index is 2.17. The van der Waals surface area contributed by atoms with Crippen molar-refractivity contribution in [3.63, 3.8) is 0 Å². The molecule has 0 bridgehead atoms. The molecule has 0 aliphatic carbocycles. The smallest absolute Gasteiger partial charge is 0.265 e. The van der Waals surface area contributed by atoms with Crippen LogP contribution in [0.25, 0.3) is 0 Å². The van der Waals surface area contributed by atoms with Crippen molar-refractivity contribution >= 4 is 21.5 Å². The molecule has 2 rings (SSSR count). The van der Waals surface area contributed by atoms with Crippen molar-refractivity contribution in [1.82, 2.24) is 15.2 Å². The first-order chi connectivity index (χ1) is 10.3. The van der Waals surface area contributed by atoms with Crippen molar-refractivity contribution in [2.75, 3.05) is 10.0 Å². The average molecular weight is 323 g/mol. The molecule has 0 saturated carbocycles. The van der Waals surface area contributed by atoms with Crippen LogP contribution in [0.3, 0.4) is 0 Å². The van der Waals surface area contributed by atoms with Gasteiger partial charge in [-0.15, -0.1) is 0 Å². The third-order valence-electron chi connectivity index (χ3n) is 3.35. The van der Waals surface area contributed by atoms with E-state index in [2.05, 4.69) is 39.1 Å². The van der Waals surface area contributed by atoms with E-state index in [1.807, 2.05) is 0 Å². The molecule has 0 aliphatic heterocycles. The van der Waals surface area contributed by atoms with Gasteiger partial charge in [0.25, 0.3) is 10.0 Å². The van der Waals surface area contributed by atoms with Gasteiger partial charge in [0.05, 0.1) is 23.3 Å². The van der Waals surface area contributed by atoms with Crippen molar-refractivity contribution in [1.29, 1.82) is 0 Å². The molecule has 0 amide bonds. The van der Waals surface area contributed by atoms with E-state index < -0.39 is 10.0 Å². The standard InChI is InChI=1S/C14H21N5O2S/c1-5-9(2)16-13-7-6-12(8-15-13)19-22(20,21)14-10(3)17-18-11(14)4/h6-9,19H,5H2,1-4H3,(H,15,16)(H,17,18). The number of hydrogen-bond donors (Lipinski definition) is 3. The van der Waals surface area contributed by atoms with E-state index in [1.165, 1.54) is 6.20 Å². The van der Waals surface area contributed by atoms with Crippen LogP contribution in [0.15, 0.2) is 23.2 Å². The minimum atomic E-state index is -3.68. The molecule has 2 aromatic heterocycles. The molecule has 1 unspecified atom stereocenters. The van der Waals surface area contributed by atoms with Crippen LogP contribution in [-0.4, -0.2) is 29.6 Å². The molecule has 1 atom stereocenters. The van der Waals surface area contributed by atoms with Crippen molar-refractivity contribution in [2.24, 2.45) is 0 Å². The number of nitrogens with zero attached hydrogens (tertiary/aromatic N) is 2. The second-order valence-corrected chi connectivity index (χ2v) is 6.87. The number of aromatic amines is 1. The van der Waals surface area contributed by atoms with Gasteiger partial charge in [-0.05, 0) is 39.3 Å². The van der Waals surface area contributed by atoms with E-state index in [9.17, 15) is 8.42 Å². The fraction of sp³-hybridized carbons (Fsp3) is 0.429. The van der Waals surface area contributed by atoms with Crippen molar-refractivity contribution in [3.8, 4) is 0 Å². The number of nitrogens with one attached hydrogen (secondary N) is 3. The molecule has 120 valence electrons. The molecular formula is C14H21N5O2S. The maximum Gasteiger partial charge on any atom is 0.265 e. The summed E-state index contributed by atoms with van der Waals surface area (Å²) in [5.41, 5.74) is 1.36. The lowest BCUT2D eigenvalue weighted by molar-refractivity contribution is 0.600. The zero-order chi connectivity index (χ0) is 16.3. The minimum Gasteiger partial charge on any atom is -0.368 e. The van der Waals surface area contributed by atoms with E-state index in [0.29, 0.717) is 28.9 Å². The summed E-state index contributed by atoms with van der Waals surface area (Å²) in [6.07, 6.45) is 2.47. The Morgan fingerprint density at radius 1 is 1.32 bits per heavy atom. The lowest BCUT2D eigenvalue weighted by Gasteiger charge is -2.13. The first-order valence-corrected chi connectivity index (χ1v) is 8.58. The summed E-state index contributed by atoms with van der Waals surface area (Å²) >= 11 is 0. The Kier molecular flexibility index (Phi) is 4.70. The molecule has 7 nitrogen and oxygen atoms in total. The summed E-state index contributed by atoms with van der Waals surface area (Å²) in [5.74, 6) is 0.716. The fourth-order valence-corrected chi connectivity index (χ4v) is 3.45. The summed E-state index contributed by atoms with van der Waals surface area (Å²) in [5, 5.41) is 9.81. The van der Waals surface area contributed by atoms with Crippen LogP contribution >= 0.6 is 0 Å². The highest BCUT2D eigenvalue weighted by atomic mass is 32.2. The number of H-pyrrole nitrogens is 1. The SMILES string of the molecule is CCC(C)Nc1ccc(NS(=O)(=O)c2c(C)n[nH]c2C)cn1. The Labute approximate surface area is 130 Å². The van der Waals surface area contributed by atoms with Gasteiger partial charge < -0.3 is 5.32 Å². The topological polar surface area (TPSA) is 99.8 Å². The first kappa shape index (κ1) is 16.3. The van der Waals surface area contributed by atoms with Crippen LogP contribution in [0.4, 0.5) is 11.5 Å². The van der Waals surface area contributed by atoms with Crippen molar-refractivity contribution in [2.45, 2.75) is 45.1 Å². The largest absolute Gasteiger partial charge is 0.368 e. The van der Waals surface area contributed by atoms with Crippen LogP contribution in [0, 0.1) is 13.8 Å². The summed E-state index contributed by atoms with van der Waals surface area (Å²) in [6.45, 7) is 7.46. The zero-order valence-corrected chi connectivity index (χ0v) is 14.0. The quantitative estimate of drug-likeness (QED) is 0.758. The van der Waals surface area contributed by atoms with Gasteiger partial charge in [-0.2, -0.15) is 5.10 Å². The van der Waals surface area contributed by atoms with Gasteiger partial charge in [-0.1, -0.05) is 6.92 Å². The maximum atomic E-state index is 12.4. The van der Waals surface area contributed by atoms with E-state index in [0.717, 1.165) is 6.42 Å². The molecule has 0 spiro atoms. The molecule has 2 heterocycles. The summed E-state index contributed by atoms with van der Waals surface area (Å²) < 4.78 is 27.3. The van der Waals surface area contributed by atoms with Gasteiger partial charge >= 0.3 is 0 Å². The predicted octanol–water partition coefficient (Wildman–Crippen LogP) is 2.43. The Morgan fingerprint density at radius 2 is 2.05 bits per heavy atom. The lowest BCUT2D eigenvalue weighted by atomic mass is 10.2. The first-order valence-electron chi connectivity index (χ1n) is 7.10. The van der Waals surface area contributed by atoms with E-state index in [-0.39, 0.29) is 4.90 Å². The fourth-order valence-electron chi connectivity index (χ4n) is 2.04. The predicted molar refractivity (Wildman–Crippen MR) is 86.5 cm³/mol. The molecule has 2 aromatic rings. The van der Waals surface area contributed by atoms with Crippen LogP contribution in [-0.2, 0) is 10.0 Å². The summed E-state index contributed by atoms with van der Waals surface area (Å²) in [6, 6.07) is 3.74. The van der Waals surface area contributed by atoms with Gasteiger partial charge in [0.2, 0.25) is 0 Å². The number of hydrogen-bond acceptors (Lipinski definition) is 5. The molecule has 22 heavy (non-hydrogen) atoms. The Bertz CT molecular complexity index is 718. The Hall–Kier alpha value is -2.09. The molecule has 3 N–H and O–H groups in total. The summed E-state index contributed by atoms with van der Waals surface area (Å²) in [7, 11) is -3.68. The number of sulfonamides is 1. The lowest BCUT2D eigenvalue weighted by Crippen LogP contribution is -2.16. The van der Waals surface area contributed by atoms with Crippen LogP contribution < -0.4 is 10.0 Å². The zero-order valence-electron chi connectivity index (χ0n) is 13.1. The molecule has 0 radical (unpaired) electrons. The molecule has 0 fully saturated rings. The molecule has 0 saturated heterocycles. The molecular weight excluding hydrogens is 302 g/mol. The normalized spacial score (nSPS) is 12.9. The molecule has 0 aliphatic rings. The highest BCUT2D eigenvalue weighted by Gasteiger charge is 2.22. The van der Waals surface area contributed by atoms with Gasteiger partial charge in [0.15, 0.2) is 0 Å². The highest BCUT2D eigenvalue weighted by Crippen LogP contribution is 2.21. The van der Waals surface area contributed by atoms with Crippen molar-refractivity contribution < 1.29 is 8.42 Å². The van der Waals surface area contributed by atoms with E-state index >= 15 is 0 Å². The average Bonchev–Trinajstić information content (AvgIpc) is 2.80. The van der Waals surface area contributed by atoms with Gasteiger partial charge in [-0.25, -0.2) is 13.4 Å². The van der Waals surface area contributed by atoms with Crippen LogP contribution in [0.5, 0.6) is 0 Å². The van der Waals surface area contributed by atoms with Crippen LogP contribution in [0.2, 0.25) is 0 Å². The summed E-state index contributed by atoms with van der Waals surface area (Å²) in [4.78, 5) is 4.39. The third kappa shape index (κ3) is 3.56. The number of rotatable bonds is 6.